The van der Waals surface area contributed by atoms with Crippen LogP contribution in [-0.4, -0.2) is 223 Å². The number of hydrogen-bond acceptors (Lipinski definition) is 18. The Morgan fingerprint density at radius 1 is 0.493 bits per heavy atom. The van der Waals surface area contributed by atoms with Crippen molar-refractivity contribution in [2.75, 3.05) is 160 Å². The predicted octanol–water partition coefficient (Wildman–Crippen LogP) is -0.906. The highest BCUT2D eigenvalue weighted by Crippen LogP contribution is 2.23. The third kappa shape index (κ3) is 33.7. The highest BCUT2D eigenvalue weighted by molar-refractivity contribution is 5.95. The lowest BCUT2D eigenvalue weighted by molar-refractivity contribution is -0.140. The van der Waals surface area contributed by atoms with E-state index >= 15 is 0 Å². The van der Waals surface area contributed by atoms with Gasteiger partial charge in [0.15, 0.2) is 24.8 Å². The lowest BCUT2D eigenvalue weighted by Gasteiger charge is -2.22. The fourth-order valence-electron chi connectivity index (χ4n) is 6.05. The van der Waals surface area contributed by atoms with Gasteiger partial charge in [-0.3, -0.25) is 43.2 Å². The molecule has 73 heavy (non-hydrogen) atoms. The quantitative estimate of drug-likeness (QED) is 0.0229. The zero-order valence-electron chi connectivity index (χ0n) is 42.5. The van der Waals surface area contributed by atoms with Gasteiger partial charge in [0.1, 0.15) is 24.6 Å². The minimum absolute atomic E-state index is 0.00690. The second-order valence-electron chi connectivity index (χ2n) is 15.7. The van der Waals surface area contributed by atoms with Crippen LogP contribution in [0.5, 0.6) is 11.5 Å². The van der Waals surface area contributed by atoms with Crippen molar-refractivity contribution in [3.63, 3.8) is 0 Å². The van der Waals surface area contributed by atoms with Gasteiger partial charge in [-0.1, -0.05) is 5.11 Å². The van der Waals surface area contributed by atoms with E-state index in [1.807, 2.05) is 0 Å². The zero-order valence-corrected chi connectivity index (χ0v) is 42.5. The molecular weight excluding hydrogens is 965 g/mol. The van der Waals surface area contributed by atoms with Crippen LogP contribution in [0.4, 0.5) is 0 Å². The predicted molar refractivity (Wildman–Crippen MR) is 260 cm³/mol. The van der Waals surface area contributed by atoms with Crippen molar-refractivity contribution in [2.24, 2.45) is 5.11 Å². The summed E-state index contributed by atoms with van der Waals surface area (Å²) in [5, 5.41) is 16.5. The van der Waals surface area contributed by atoms with Gasteiger partial charge in [0.2, 0.25) is 23.6 Å². The first-order valence-electron chi connectivity index (χ1n) is 23.7. The van der Waals surface area contributed by atoms with Crippen molar-refractivity contribution in [2.45, 2.75) is 44.9 Å². The summed E-state index contributed by atoms with van der Waals surface area (Å²) in [4.78, 5) is 119. The summed E-state index contributed by atoms with van der Waals surface area (Å²) in [6.45, 7) is -0.0184. The first kappa shape index (κ1) is 64.5. The maximum absolute atomic E-state index is 13.0. The number of carbonyl (C=O) groups excluding carboxylic acids is 9. The number of amides is 7. The smallest absolute Gasteiger partial charge is 0.258 e. The second-order valence-corrected chi connectivity index (χ2v) is 15.7. The van der Waals surface area contributed by atoms with E-state index in [2.05, 4.69) is 36.6 Å². The average molecular weight is 1040 g/mol. The molecule has 0 aliphatic carbocycles. The molecule has 0 spiro atoms. The van der Waals surface area contributed by atoms with Crippen LogP contribution < -0.4 is 36.1 Å². The van der Waals surface area contributed by atoms with Crippen LogP contribution in [0.2, 0.25) is 0 Å². The summed E-state index contributed by atoms with van der Waals surface area (Å²) in [7, 11) is 6.00. The second kappa shape index (κ2) is 42.1. The van der Waals surface area contributed by atoms with Crippen molar-refractivity contribution < 1.29 is 81.0 Å². The minimum atomic E-state index is -0.559. The van der Waals surface area contributed by atoms with E-state index in [4.69, 9.17) is 43.4 Å². The summed E-state index contributed by atoms with van der Waals surface area (Å²) in [5.41, 5.74) is 8.58. The Morgan fingerprint density at radius 3 is 1.36 bits per heavy atom. The lowest BCUT2D eigenvalue weighted by atomic mass is 10.1. The first-order chi connectivity index (χ1) is 35.3. The molecule has 27 heteroatoms. The van der Waals surface area contributed by atoms with Crippen LogP contribution in [0.15, 0.2) is 23.3 Å². The normalized spacial score (nSPS) is 10.6. The largest absolute Gasteiger partial charge is 0.484 e. The topological polar surface area (TPSA) is 343 Å². The fraction of sp³-hybridized carbons (Fsp3) is 0.674. The number of ketones is 2. The van der Waals surface area contributed by atoms with E-state index in [1.165, 1.54) is 51.5 Å². The van der Waals surface area contributed by atoms with Crippen LogP contribution in [0.25, 0.3) is 10.4 Å². The lowest BCUT2D eigenvalue weighted by Crippen LogP contribution is -2.46. The molecule has 0 saturated heterocycles. The van der Waals surface area contributed by atoms with E-state index in [1.54, 1.807) is 0 Å². The number of nitrogens with zero attached hydrogens (tertiary/aromatic N) is 5. The molecule has 0 radical (unpaired) electrons. The number of ether oxygens (including phenoxy) is 8. The molecule has 0 saturated carbocycles. The van der Waals surface area contributed by atoms with Crippen molar-refractivity contribution in [3.05, 3.63) is 34.2 Å². The Kier molecular flexibility index (Phi) is 37.2. The van der Waals surface area contributed by atoms with Crippen LogP contribution in [0.1, 0.15) is 55.3 Å². The third-order valence-corrected chi connectivity index (χ3v) is 9.70. The summed E-state index contributed by atoms with van der Waals surface area (Å²) in [6.07, 6.45) is 1.48. The van der Waals surface area contributed by atoms with Gasteiger partial charge < -0.3 is 74.3 Å². The molecule has 0 heterocycles. The molecule has 0 atom stereocenters. The van der Waals surface area contributed by atoms with Crippen molar-refractivity contribution in [3.8, 4) is 11.5 Å². The van der Waals surface area contributed by atoms with E-state index in [-0.39, 0.29) is 159 Å². The van der Waals surface area contributed by atoms with E-state index in [0.29, 0.717) is 32.5 Å². The molecule has 7 amide bonds. The summed E-state index contributed by atoms with van der Waals surface area (Å²) in [6, 6.07) is 4.10. The SMILES string of the molecule is COCCCC(=O)CN(CC(=O)CCCOC)C(=O)CCOCCNC(=O)COc1cc(OCC(=O)NCCOCCC(=O)N(CC(=O)NCCOC)CC(=O)NCCOC)cc(C(=O)NCCCN=[N+]=[N-])c1. The molecule has 0 unspecified atom stereocenters. The van der Waals surface area contributed by atoms with Crippen molar-refractivity contribution in [1.82, 2.24) is 36.4 Å². The number of rotatable bonds is 45. The van der Waals surface area contributed by atoms with Crippen LogP contribution in [0.3, 0.4) is 0 Å². The standard InChI is InChI=1S/C46H74N10O17/c1-66-18-5-8-36(57)29-55(30-37(58)9-6-19-67-2)44(63)10-20-70-24-16-50-42(61)33-72-38-26-35(46(65)52-12-7-13-53-54-47)27-39(28-38)73-34-43(62)51-17-25-71-21-11-45(64)56(31-40(59)48-14-22-68-3)32-41(60)49-15-23-69-4/h26-28H,5-25,29-34H2,1-4H3,(H,48,59)(H,49,60)(H,50,61)(H,51,62)(H,52,65). The highest BCUT2D eigenvalue weighted by Gasteiger charge is 2.22. The van der Waals surface area contributed by atoms with E-state index < -0.39 is 54.6 Å². The van der Waals surface area contributed by atoms with Crippen molar-refractivity contribution >= 4 is 52.9 Å². The Labute approximate surface area is 425 Å². The molecule has 0 fully saturated rings. The van der Waals surface area contributed by atoms with Gasteiger partial charge in [0.05, 0.1) is 65.6 Å². The third-order valence-electron chi connectivity index (χ3n) is 9.70. The first-order valence-corrected chi connectivity index (χ1v) is 23.7. The van der Waals surface area contributed by atoms with Crippen LogP contribution >= 0.6 is 0 Å². The van der Waals surface area contributed by atoms with Gasteiger partial charge in [-0.15, -0.1) is 0 Å². The molecule has 1 aromatic rings. The Hall–Kier alpha value is -6.48. The van der Waals surface area contributed by atoms with E-state index in [9.17, 15) is 43.2 Å². The summed E-state index contributed by atoms with van der Waals surface area (Å²) < 4.78 is 42.1. The number of azide groups is 1. The number of carbonyl (C=O) groups is 9. The molecule has 1 aromatic carbocycles. The van der Waals surface area contributed by atoms with Crippen molar-refractivity contribution in [1.29, 1.82) is 0 Å². The minimum Gasteiger partial charge on any atom is -0.484 e. The van der Waals surface area contributed by atoms with Gasteiger partial charge in [0, 0.05) is 110 Å². The molecule has 0 aliphatic heterocycles. The van der Waals surface area contributed by atoms with Gasteiger partial charge in [-0.05, 0) is 36.9 Å². The number of nitrogens with one attached hydrogen (secondary N) is 5. The molecule has 0 aliphatic rings. The van der Waals surface area contributed by atoms with Gasteiger partial charge >= 0.3 is 0 Å². The van der Waals surface area contributed by atoms with Gasteiger partial charge in [0.25, 0.3) is 17.7 Å². The molecule has 0 aromatic heterocycles. The Morgan fingerprint density at radius 2 is 0.918 bits per heavy atom. The summed E-state index contributed by atoms with van der Waals surface area (Å²) >= 11 is 0. The Balaban J connectivity index is 2.72. The maximum Gasteiger partial charge on any atom is 0.258 e. The molecule has 27 nitrogen and oxygen atoms in total. The zero-order chi connectivity index (χ0) is 53.9. The molecular formula is C46H74N10O17. The number of benzene rings is 1. The Bertz CT molecular complexity index is 1750. The molecule has 410 valence electrons. The molecule has 1 rings (SSSR count). The van der Waals surface area contributed by atoms with Gasteiger partial charge in [-0.25, -0.2) is 0 Å². The molecule has 0 bridgehead atoms. The summed E-state index contributed by atoms with van der Waals surface area (Å²) in [5.74, 6) is -3.83. The average Bonchev–Trinajstić information content (AvgIpc) is 3.36. The number of Topliss-reactive ketones (excluding diaryl/α,β-unsaturated/α-hetero) is 2. The highest BCUT2D eigenvalue weighted by atomic mass is 16.5. The molecule has 5 N–H and O–H groups in total. The van der Waals surface area contributed by atoms with Gasteiger partial charge in [-0.2, -0.15) is 0 Å². The fourth-order valence-corrected chi connectivity index (χ4v) is 6.05. The maximum atomic E-state index is 13.0. The van der Waals surface area contributed by atoms with Crippen LogP contribution in [-0.2, 0) is 66.8 Å². The number of hydrogen-bond donors (Lipinski definition) is 5. The van der Waals surface area contributed by atoms with E-state index in [0.717, 1.165) is 4.90 Å². The number of methoxy groups -OCH3 is 4. The van der Waals surface area contributed by atoms with Crippen LogP contribution in [0, 0.1) is 0 Å². The monoisotopic (exact) mass is 1040 g/mol.